The average molecular weight is 820 g/mol. The number of halogens is 4. The first kappa shape index (κ1) is 20.7. The first-order chi connectivity index (χ1) is 12.8. The monoisotopic (exact) mass is 820 g/mol. The van der Waals surface area contributed by atoms with Gasteiger partial charge in [0.15, 0.2) is 0 Å². The van der Waals surface area contributed by atoms with Crippen molar-refractivity contribution in [1.29, 1.82) is 0 Å². The van der Waals surface area contributed by atoms with E-state index >= 15 is 0 Å². The van der Waals surface area contributed by atoms with Crippen molar-refractivity contribution in [3.05, 3.63) is 72.0 Å². The first-order valence-corrected chi connectivity index (χ1v) is 13.2. The lowest BCUT2D eigenvalue weighted by Crippen LogP contribution is -2.11. The summed E-state index contributed by atoms with van der Waals surface area (Å²) < 4.78 is 5.41. The van der Waals surface area contributed by atoms with Crippen molar-refractivity contribution in [2.75, 3.05) is 0 Å². The van der Waals surface area contributed by atoms with Gasteiger partial charge in [0.05, 0.1) is 12.0 Å². The van der Waals surface area contributed by atoms with Crippen molar-refractivity contribution in [2.45, 2.75) is 13.8 Å². The molecule has 27 heavy (non-hydrogen) atoms. The molecule has 0 saturated heterocycles. The van der Waals surface area contributed by atoms with Crippen molar-refractivity contribution in [3.8, 4) is 21.6 Å². The van der Waals surface area contributed by atoms with Gasteiger partial charge < -0.3 is 0 Å². The van der Waals surface area contributed by atoms with Crippen molar-refractivity contribution in [2.24, 2.45) is 0 Å². The van der Waals surface area contributed by atoms with E-state index in [4.69, 9.17) is 0 Å². The molecule has 0 unspecified atom stereocenters. The number of rotatable bonds is 1. The largest absolute Gasteiger partial charge is 0.288 e. The van der Waals surface area contributed by atoms with Crippen LogP contribution in [0.1, 0.15) is 11.1 Å². The van der Waals surface area contributed by atoms with Gasteiger partial charge in [0.2, 0.25) is 5.43 Å². The van der Waals surface area contributed by atoms with E-state index in [-0.39, 0.29) is 5.43 Å². The Balaban J connectivity index is 2.34. The molecule has 0 spiro atoms. The van der Waals surface area contributed by atoms with Gasteiger partial charge in [-0.15, -0.1) is 11.3 Å². The van der Waals surface area contributed by atoms with Crippen LogP contribution < -0.4 is 5.43 Å². The molecule has 1 nitrogen and oxygen atoms in total. The smallest absolute Gasteiger partial charge is 0.206 e. The standard InChI is InChI=1S/C21H12I4OS/c1-9-5-3-4-6-11(9)16-12-7-14(22)10(2)17(24)20(12)27-21-13(16)8-15(23)19(26)18(21)25/h3-8H,1-2H3. The van der Waals surface area contributed by atoms with Gasteiger partial charge in [0.25, 0.3) is 0 Å². The summed E-state index contributed by atoms with van der Waals surface area (Å²) in [5.74, 6) is 0. The molecular weight excluding hydrogens is 808 g/mol. The summed E-state index contributed by atoms with van der Waals surface area (Å²) in [6, 6.07) is 12.9. The highest BCUT2D eigenvalue weighted by molar-refractivity contribution is 14.1. The molecule has 4 rings (SSSR count). The molecule has 0 amide bonds. The summed E-state index contributed by atoms with van der Waals surface area (Å²) in [6.45, 7) is 4.33. The van der Waals surface area contributed by atoms with E-state index < -0.39 is 0 Å². The molecule has 0 N–H and O–H groups in total. The van der Waals surface area contributed by atoms with E-state index in [1.807, 2.05) is 0 Å². The second-order valence-corrected chi connectivity index (χ2v) is 11.8. The fourth-order valence-electron chi connectivity index (χ4n) is 3.24. The van der Waals surface area contributed by atoms with Crippen LogP contribution in [-0.2, 0) is 0 Å². The minimum Gasteiger partial charge on any atom is -0.288 e. The molecular formula is C21H12I4OS. The van der Waals surface area contributed by atoms with Gasteiger partial charge in [0.1, 0.15) is 0 Å². The highest BCUT2D eigenvalue weighted by Crippen LogP contribution is 2.47. The van der Waals surface area contributed by atoms with Gasteiger partial charge in [-0.05, 0) is 139 Å². The summed E-state index contributed by atoms with van der Waals surface area (Å²) in [5, 5.41) is 1.27. The van der Waals surface area contributed by atoms with Crippen molar-refractivity contribution in [3.63, 3.8) is 0 Å². The number of aryl methyl sites for hydroxylation is 1. The Labute approximate surface area is 216 Å². The zero-order valence-electron chi connectivity index (χ0n) is 14.3. The Morgan fingerprint density at radius 1 is 0.852 bits per heavy atom. The number of hydrogen-bond donors (Lipinski definition) is 0. The minimum absolute atomic E-state index is 0.132. The lowest BCUT2D eigenvalue weighted by Gasteiger charge is -2.20. The number of hydrogen-bond acceptors (Lipinski definition) is 2. The van der Waals surface area contributed by atoms with Crippen molar-refractivity contribution in [1.82, 2.24) is 0 Å². The fourth-order valence-corrected chi connectivity index (χ4v) is 8.43. The van der Waals surface area contributed by atoms with E-state index in [9.17, 15) is 4.79 Å². The second kappa shape index (κ2) is 7.95. The molecule has 0 saturated carbocycles. The third-order valence-corrected chi connectivity index (χ3v) is 11.0. The molecule has 0 fully saturated rings. The Morgan fingerprint density at radius 2 is 1.56 bits per heavy atom. The first-order valence-electron chi connectivity index (χ1n) is 8.10. The van der Waals surface area contributed by atoms with Crippen LogP contribution >= 0.6 is 102 Å². The van der Waals surface area contributed by atoms with Crippen LogP contribution in [-0.4, -0.2) is 0 Å². The number of fused-ring (bicyclic) bond motifs is 2. The van der Waals surface area contributed by atoms with E-state index in [0.29, 0.717) is 0 Å². The molecule has 2 aliphatic rings. The molecule has 2 aromatic rings. The Kier molecular flexibility index (Phi) is 6.11. The zero-order chi connectivity index (χ0) is 19.5. The zero-order valence-corrected chi connectivity index (χ0v) is 23.7. The van der Waals surface area contributed by atoms with Gasteiger partial charge in [-0.1, -0.05) is 24.3 Å². The van der Waals surface area contributed by atoms with Crippen molar-refractivity contribution >= 4 is 112 Å². The quantitative estimate of drug-likeness (QED) is 0.140. The summed E-state index contributed by atoms with van der Waals surface area (Å²) in [5.41, 5.74) is 6.33. The summed E-state index contributed by atoms with van der Waals surface area (Å²) in [7, 11) is 0. The fraction of sp³-hybridized carbons (Fsp3) is 0.0952. The van der Waals surface area contributed by atoms with Gasteiger partial charge >= 0.3 is 0 Å². The van der Waals surface area contributed by atoms with Gasteiger partial charge in [0, 0.05) is 22.8 Å². The summed E-state index contributed by atoms with van der Waals surface area (Å²) in [6.07, 6.45) is 0. The van der Waals surface area contributed by atoms with Crippen LogP contribution in [0, 0.1) is 28.1 Å². The molecule has 6 heteroatoms. The highest BCUT2D eigenvalue weighted by atomic mass is 127. The van der Waals surface area contributed by atoms with Crippen LogP contribution in [0.3, 0.4) is 0 Å². The molecule has 0 bridgehead atoms. The molecule has 1 aliphatic carbocycles. The third kappa shape index (κ3) is 3.48. The SMILES string of the molecule is Cc1ccccc1-c1c2cc(I)c(=O)c(I)c-2sc2c(I)c(C)c(I)cc12. The minimum atomic E-state index is 0.132. The normalized spacial score (nSPS) is 11.5. The van der Waals surface area contributed by atoms with E-state index in [1.165, 1.54) is 45.0 Å². The summed E-state index contributed by atoms with van der Waals surface area (Å²) >= 11 is 11.0. The molecule has 0 radical (unpaired) electrons. The second-order valence-electron chi connectivity index (χ2n) is 6.34. The van der Waals surface area contributed by atoms with E-state index in [1.54, 1.807) is 11.3 Å². The Hall–Kier alpha value is 0.470. The Bertz CT molecular complexity index is 1260. The van der Waals surface area contributed by atoms with Crippen LogP contribution in [0.15, 0.2) is 41.2 Å². The molecule has 0 atom stereocenters. The molecule has 136 valence electrons. The van der Waals surface area contributed by atoms with Crippen LogP contribution in [0.5, 0.6) is 0 Å². The molecule has 0 aromatic heterocycles. The predicted molar refractivity (Wildman–Crippen MR) is 150 cm³/mol. The maximum atomic E-state index is 12.6. The van der Waals surface area contributed by atoms with E-state index in [2.05, 4.69) is 141 Å². The summed E-state index contributed by atoms with van der Waals surface area (Å²) in [4.78, 5) is 13.7. The van der Waals surface area contributed by atoms with Gasteiger partial charge in [-0.2, -0.15) is 0 Å². The maximum Gasteiger partial charge on any atom is 0.206 e. The highest BCUT2D eigenvalue weighted by Gasteiger charge is 2.23. The molecule has 1 heterocycles. The molecule has 2 aromatic carbocycles. The van der Waals surface area contributed by atoms with Gasteiger partial charge in [-0.3, -0.25) is 4.79 Å². The number of benzene rings is 3. The average Bonchev–Trinajstić information content (AvgIpc) is 2.64. The van der Waals surface area contributed by atoms with Crippen molar-refractivity contribution < 1.29 is 0 Å². The Morgan fingerprint density at radius 3 is 2.26 bits per heavy atom. The van der Waals surface area contributed by atoms with Crippen LogP contribution in [0.25, 0.3) is 31.7 Å². The van der Waals surface area contributed by atoms with Crippen LogP contribution in [0.4, 0.5) is 0 Å². The topological polar surface area (TPSA) is 17.1 Å². The molecule has 1 aliphatic heterocycles. The lowest BCUT2D eigenvalue weighted by atomic mass is 9.92. The van der Waals surface area contributed by atoms with E-state index in [0.717, 1.165) is 12.0 Å². The lowest BCUT2D eigenvalue weighted by molar-refractivity contribution is 1.42. The van der Waals surface area contributed by atoms with Gasteiger partial charge in [-0.25, -0.2) is 0 Å². The maximum absolute atomic E-state index is 12.6. The van der Waals surface area contributed by atoms with Crippen LogP contribution in [0.2, 0.25) is 0 Å². The third-order valence-electron chi connectivity index (χ3n) is 4.69. The predicted octanol–water partition coefficient (Wildman–Crippen LogP) is 8.07.